The molecule has 210 valence electrons. The molecule has 1 aliphatic heterocycles. The summed E-state index contributed by atoms with van der Waals surface area (Å²) in [4.78, 5) is 22.2. The molecule has 7 nitrogen and oxygen atoms in total. The van der Waals surface area contributed by atoms with E-state index in [1.165, 1.54) is 18.2 Å². The Balaban J connectivity index is 1.44. The lowest BCUT2D eigenvalue weighted by atomic mass is 10.1. The summed E-state index contributed by atoms with van der Waals surface area (Å²) in [6.07, 6.45) is 1.60. The van der Waals surface area contributed by atoms with Gasteiger partial charge in [0.2, 0.25) is 17.1 Å². The quantitative estimate of drug-likeness (QED) is 0.264. The van der Waals surface area contributed by atoms with Gasteiger partial charge in [-0.3, -0.25) is 4.79 Å². The van der Waals surface area contributed by atoms with Crippen LogP contribution in [-0.4, -0.2) is 52.8 Å². The number of benzene rings is 3. The molecule has 41 heavy (non-hydrogen) atoms. The van der Waals surface area contributed by atoms with Crippen molar-refractivity contribution in [2.24, 2.45) is 0 Å². The highest BCUT2D eigenvalue weighted by molar-refractivity contribution is 6.30. The van der Waals surface area contributed by atoms with Gasteiger partial charge in [0.05, 0.1) is 23.2 Å². The van der Waals surface area contributed by atoms with Crippen molar-refractivity contribution >= 4 is 28.2 Å². The average Bonchev–Trinajstić information content (AvgIpc) is 3.39. The van der Waals surface area contributed by atoms with Crippen LogP contribution in [0.4, 0.5) is 18.9 Å². The van der Waals surface area contributed by atoms with Gasteiger partial charge in [-0.25, -0.2) is 13.2 Å². The van der Waals surface area contributed by atoms with E-state index in [0.29, 0.717) is 41.4 Å². The Morgan fingerprint density at radius 1 is 0.927 bits per heavy atom. The lowest BCUT2D eigenvalue weighted by molar-refractivity contribution is 0.312. The van der Waals surface area contributed by atoms with E-state index in [4.69, 9.17) is 16.1 Å². The molecule has 0 aliphatic carbocycles. The highest BCUT2D eigenvalue weighted by atomic mass is 35.5. The minimum atomic E-state index is -0.725. The predicted octanol–water partition coefficient (Wildman–Crippen LogP) is 5.51. The maximum Gasteiger partial charge on any atom is 0.231 e. The Bertz CT molecular complexity index is 1780. The molecule has 0 spiro atoms. The first-order valence-corrected chi connectivity index (χ1v) is 13.4. The summed E-state index contributed by atoms with van der Waals surface area (Å²) in [7, 11) is 2.03. The summed E-state index contributed by atoms with van der Waals surface area (Å²) in [6, 6.07) is 13.4. The summed E-state index contributed by atoms with van der Waals surface area (Å²) in [5, 5.41) is 4.73. The molecular formula is C30H25ClF3N5O2. The van der Waals surface area contributed by atoms with E-state index in [1.807, 2.05) is 28.6 Å². The third-order valence-corrected chi connectivity index (χ3v) is 7.50. The number of halogens is 4. The van der Waals surface area contributed by atoms with Crippen molar-refractivity contribution in [2.75, 3.05) is 38.1 Å². The zero-order valence-electron chi connectivity index (χ0n) is 22.1. The lowest BCUT2D eigenvalue weighted by Gasteiger charge is -2.34. The highest BCUT2D eigenvalue weighted by Crippen LogP contribution is 2.28. The van der Waals surface area contributed by atoms with Crippen molar-refractivity contribution in [1.82, 2.24) is 19.6 Å². The van der Waals surface area contributed by atoms with Gasteiger partial charge in [0, 0.05) is 55.4 Å². The number of hydrogen-bond donors (Lipinski definition) is 0. The summed E-state index contributed by atoms with van der Waals surface area (Å²) in [5.74, 6) is -1.87. The molecule has 0 N–H and O–H groups in total. The first-order valence-electron chi connectivity index (χ1n) is 13.1. The Kier molecular flexibility index (Phi) is 7.27. The van der Waals surface area contributed by atoms with Crippen LogP contribution in [0.15, 0.2) is 70.1 Å². The second-order valence-corrected chi connectivity index (χ2v) is 10.6. The van der Waals surface area contributed by atoms with Crippen molar-refractivity contribution in [3.8, 4) is 11.4 Å². The molecular weight excluding hydrogens is 555 g/mol. The molecule has 0 bridgehead atoms. The van der Waals surface area contributed by atoms with Crippen LogP contribution in [0, 0.1) is 17.5 Å². The summed E-state index contributed by atoms with van der Waals surface area (Å²) >= 11 is 6.08. The third-order valence-electron chi connectivity index (χ3n) is 7.25. The largest absolute Gasteiger partial charge is 0.367 e. The van der Waals surface area contributed by atoms with Gasteiger partial charge in [0.15, 0.2) is 0 Å². The van der Waals surface area contributed by atoms with Gasteiger partial charge in [-0.2, -0.15) is 4.98 Å². The molecule has 0 atom stereocenters. The zero-order chi connectivity index (χ0) is 28.7. The molecule has 0 saturated carbocycles. The smallest absolute Gasteiger partial charge is 0.231 e. The van der Waals surface area contributed by atoms with Gasteiger partial charge in [0.1, 0.15) is 17.5 Å². The summed E-state index contributed by atoms with van der Waals surface area (Å²) in [6.45, 7) is 3.30. The molecule has 5 aromatic rings. The molecule has 0 unspecified atom stereocenters. The second kappa shape index (κ2) is 11.0. The maximum absolute atomic E-state index is 15.5. The van der Waals surface area contributed by atoms with Gasteiger partial charge >= 0.3 is 0 Å². The molecule has 1 aliphatic rings. The van der Waals surface area contributed by atoms with Crippen LogP contribution >= 0.6 is 11.6 Å². The first-order chi connectivity index (χ1) is 19.7. The molecule has 3 heterocycles. The Morgan fingerprint density at radius 2 is 1.63 bits per heavy atom. The van der Waals surface area contributed by atoms with E-state index in [0.717, 1.165) is 24.7 Å². The molecule has 2 aromatic heterocycles. The first kappa shape index (κ1) is 27.0. The Morgan fingerprint density at radius 3 is 2.34 bits per heavy atom. The van der Waals surface area contributed by atoms with Gasteiger partial charge in [-0.05, 0) is 54.6 Å². The van der Waals surface area contributed by atoms with Gasteiger partial charge in [0.25, 0.3) is 0 Å². The van der Waals surface area contributed by atoms with Crippen molar-refractivity contribution < 1.29 is 17.7 Å². The minimum Gasteiger partial charge on any atom is -0.367 e. The Hall–Kier alpha value is -4.15. The summed E-state index contributed by atoms with van der Waals surface area (Å²) < 4.78 is 50.0. The fraction of sp³-hybridized carbons (Fsp3) is 0.233. The van der Waals surface area contributed by atoms with Crippen molar-refractivity contribution in [2.45, 2.75) is 13.0 Å². The van der Waals surface area contributed by atoms with Crippen LogP contribution in [0.1, 0.15) is 17.0 Å². The normalized spacial score (nSPS) is 14.2. The summed E-state index contributed by atoms with van der Waals surface area (Å²) in [5.41, 5.74) is 1.86. The number of nitrogens with zero attached hydrogens (tertiary/aromatic N) is 5. The molecule has 0 radical (unpaired) electrons. The lowest BCUT2D eigenvalue weighted by Crippen LogP contribution is -2.44. The van der Waals surface area contributed by atoms with E-state index in [2.05, 4.69) is 15.0 Å². The number of anilines is 1. The Labute approximate surface area is 238 Å². The van der Waals surface area contributed by atoms with Crippen LogP contribution in [0.2, 0.25) is 5.02 Å². The molecule has 11 heteroatoms. The average molecular weight is 580 g/mol. The number of aromatic nitrogens is 3. The topological polar surface area (TPSA) is 67.4 Å². The molecule has 3 aromatic carbocycles. The second-order valence-electron chi connectivity index (χ2n) is 10.2. The molecule has 0 amide bonds. The van der Waals surface area contributed by atoms with Crippen molar-refractivity contribution in [3.63, 3.8) is 0 Å². The van der Waals surface area contributed by atoms with E-state index >= 15 is 4.39 Å². The van der Waals surface area contributed by atoms with E-state index < -0.39 is 22.9 Å². The predicted molar refractivity (Wildman–Crippen MR) is 151 cm³/mol. The SMILES string of the molecule is CN1CCN(c2cc3c(cc2F)c(=O)c(-c2noc(Cc4cc(F)cc(F)c4)n2)cn3Cc2ccc(Cl)cc2)CC1. The zero-order valence-corrected chi connectivity index (χ0v) is 22.8. The molecule has 6 rings (SSSR count). The van der Waals surface area contributed by atoms with E-state index in [-0.39, 0.29) is 29.1 Å². The van der Waals surface area contributed by atoms with Gasteiger partial charge < -0.3 is 18.9 Å². The maximum atomic E-state index is 15.5. The minimum absolute atomic E-state index is 0.00261. The standard InChI is InChI=1S/C30H25ClF3N5O2/c1-37-6-8-38(9-7-37)27-15-26-23(14-25(27)34)29(40)24(17-39(26)16-18-2-4-20(31)5-3-18)30-35-28(41-36-30)12-19-10-21(32)13-22(33)11-19/h2-5,10-11,13-15,17H,6-9,12,16H2,1H3. The van der Waals surface area contributed by atoms with E-state index in [1.54, 1.807) is 24.4 Å². The van der Waals surface area contributed by atoms with Crippen LogP contribution < -0.4 is 10.3 Å². The van der Waals surface area contributed by atoms with Crippen LogP contribution in [-0.2, 0) is 13.0 Å². The van der Waals surface area contributed by atoms with Crippen molar-refractivity contribution in [3.05, 3.63) is 111 Å². The number of piperazine rings is 1. The molecule has 1 fully saturated rings. The monoisotopic (exact) mass is 579 g/mol. The van der Waals surface area contributed by atoms with Crippen LogP contribution in [0.5, 0.6) is 0 Å². The number of hydrogen-bond acceptors (Lipinski definition) is 6. The number of pyridine rings is 1. The van der Waals surface area contributed by atoms with E-state index in [9.17, 15) is 13.6 Å². The fourth-order valence-corrected chi connectivity index (χ4v) is 5.22. The van der Waals surface area contributed by atoms with Crippen molar-refractivity contribution in [1.29, 1.82) is 0 Å². The number of likely N-dealkylation sites (N-methyl/N-ethyl adjacent to an activating group) is 1. The number of fused-ring (bicyclic) bond motifs is 1. The van der Waals surface area contributed by atoms with Crippen LogP contribution in [0.3, 0.4) is 0 Å². The van der Waals surface area contributed by atoms with Gasteiger partial charge in [-0.15, -0.1) is 0 Å². The van der Waals surface area contributed by atoms with Crippen LogP contribution in [0.25, 0.3) is 22.3 Å². The third kappa shape index (κ3) is 5.71. The van der Waals surface area contributed by atoms with Gasteiger partial charge in [-0.1, -0.05) is 28.9 Å². The highest BCUT2D eigenvalue weighted by Gasteiger charge is 2.22. The fourth-order valence-electron chi connectivity index (χ4n) is 5.09. The molecule has 1 saturated heterocycles. The number of rotatable bonds is 6.